The van der Waals surface area contributed by atoms with Gasteiger partial charge >= 0.3 is 0 Å². The molecule has 4 nitrogen and oxygen atoms in total. The van der Waals surface area contributed by atoms with Gasteiger partial charge in [0.15, 0.2) is 5.76 Å². The lowest BCUT2D eigenvalue weighted by molar-refractivity contribution is 0.0997. The van der Waals surface area contributed by atoms with Crippen LogP contribution in [0.4, 0.5) is 11.4 Å². The number of benzene rings is 2. The lowest BCUT2D eigenvalue weighted by Crippen LogP contribution is -2.12. The summed E-state index contributed by atoms with van der Waals surface area (Å²) in [5.74, 6) is 0.525. The van der Waals surface area contributed by atoms with Crippen molar-refractivity contribution in [2.45, 2.75) is 6.92 Å². The van der Waals surface area contributed by atoms with Gasteiger partial charge in [-0.05, 0) is 55.0 Å². The highest BCUT2D eigenvalue weighted by Gasteiger charge is 2.14. The molecule has 0 saturated carbocycles. The number of hydrogen-bond donors (Lipinski definition) is 2. The summed E-state index contributed by atoms with van der Waals surface area (Å²) in [6.07, 6.45) is 0. The molecule has 122 valence electrons. The smallest absolute Gasteiger partial charge is 0.291 e. The maximum atomic E-state index is 12.3. The van der Waals surface area contributed by atoms with E-state index in [2.05, 4.69) is 37.2 Å². The van der Waals surface area contributed by atoms with Crippen LogP contribution in [-0.4, -0.2) is 5.91 Å². The van der Waals surface area contributed by atoms with E-state index < -0.39 is 0 Å². The molecule has 1 aromatic heterocycles. The number of nitrogens with one attached hydrogen (secondary N) is 1. The van der Waals surface area contributed by atoms with E-state index in [0.29, 0.717) is 17.1 Å². The fourth-order valence-electron chi connectivity index (χ4n) is 2.24. The van der Waals surface area contributed by atoms with Crippen LogP contribution in [0.2, 0.25) is 0 Å². The molecule has 0 bridgehead atoms. The third kappa shape index (κ3) is 3.55. The molecule has 24 heavy (non-hydrogen) atoms. The highest BCUT2D eigenvalue weighted by Crippen LogP contribution is 2.28. The second kappa shape index (κ2) is 6.83. The van der Waals surface area contributed by atoms with Crippen LogP contribution >= 0.6 is 31.9 Å². The van der Waals surface area contributed by atoms with Gasteiger partial charge in [0.05, 0.1) is 11.4 Å². The van der Waals surface area contributed by atoms with Gasteiger partial charge in [-0.1, -0.05) is 37.9 Å². The molecule has 0 spiro atoms. The summed E-state index contributed by atoms with van der Waals surface area (Å²) in [5.41, 5.74) is 8.93. The van der Waals surface area contributed by atoms with Gasteiger partial charge in [-0.2, -0.15) is 0 Å². The molecular formula is C18H14Br2N2O2. The minimum Gasteiger partial charge on any atom is -0.451 e. The van der Waals surface area contributed by atoms with Crippen molar-refractivity contribution in [2.75, 3.05) is 11.1 Å². The Morgan fingerprint density at radius 1 is 1.08 bits per heavy atom. The van der Waals surface area contributed by atoms with E-state index in [9.17, 15) is 4.79 Å². The largest absolute Gasteiger partial charge is 0.451 e. The van der Waals surface area contributed by atoms with E-state index >= 15 is 0 Å². The Balaban J connectivity index is 1.82. The minimum atomic E-state index is -0.343. The highest BCUT2D eigenvalue weighted by molar-refractivity contribution is 9.10. The van der Waals surface area contributed by atoms with Gasteiger partial charge in [0.2, 0.25) is 0 Å². The van der Waals surface area contributed by atoms with E-state index in [0.717, 1.165) is 20.1 Å². The maximum absolute atomic E-state index is 12.3. The van der Waals surface area contributed by atoms with Gasteiger partial charge in [-0.25, -0.2) is 0 Å². The topological polar surface area (TPSA) is 68.3 Å². The van der Waals surface area contributed by atoms with Crippen LogP contribution in [0.15, 0.2) is 61.9 Å². The molecule has 2 aromatic carbocycles. The van der Waals surface area contributed by atoms with E-state index in [4.69, 9.17) is 10.2 Å². The predicted octanol–water partition coefficient (Wildman–Crippen LogP) is 5.61. The molecule has 0 fully saturated rings. The standard InChI is InChI=1S/C18H14Br2N2O2/c1-10-8-11(2-4-13(10)20)16-6-7-17(24-16)18(23)22-15-5-3-12(19)9-14(15)21/h2-9H,21H2,1H3,(H,22,23). The van der Waals surface area contributed by atoms with Crippen molar-refractivity contribution < 1.29 is 9.21 Å². The van der Waals surface area contributed by atoms with Gasteiger partial charge in [-0.15, -0.1) is 0 Å². The van der Waals surface area contributed by atoms with E-state index in [1.165, 1.54) is 0 Å². The first-order valence-corrected chi connectivity index (χ1v) is 8.75. The number of furan rings is 1. The molecule has 1 amide bonds. The number of nitrogens with two attached hydrogens (primary N) is 1. The normalized spacial score (nSPS) is 10.6. The molecule has 6 heteroatoms. The average molecular weight is 450 g/mol. The van der Waals surface area contributed by atoms with E-state index in [1.54, 1.807) is 24.3 Å². The molecule has 0 aliphatic heterocycles. The molecular weight excluding hydrogens is 436 g/mol. The zero-order valence-corrected chi connectivity index (χ0v) is 15.9. The van der Waals surface area contributed by atoms with Crippen LogP contribution in [0.3, 0.4) is 0 Å². The van der Waals surface area contributed by atoms with Gasteiger partial charge in [-0.3, -0.25) is 4.79 Å². The molecule has 0 radical (unpaired) electrons. The predicted molar refractivity (Wildman–Crippen MR) is 103 cm³/mol. The summed E-state index contributed by atoms with van der Waals surface area (Å²) >= 11 is 6.80. The molecule has 0 aliphatic carbocycles. The number of amides is 1. The van der Waals surface area contributed by atoms with Crippen molar-refractivity contribution >= 4 is 49.1 Å². The third-order valence-electron chi connectivity index (χ3n) is 3.53. The summed E-state index contributed by atoms with van der Waals surface area (Å²) in [4.78, 5) is 12.3. The van der Waals surface area contributed by atoms with Crippen LogP contribution in [0.5, 0.6) is 0 Å². The number of rotatable bonds is 3. The quantitative estimate of drug-likeness (QED) is 0.510. The number of hydrogen-bond acceptors (Lipinski definition) is 3. The lowest BCUT2D eigenvalue weighted by Gasteiger charge is -2.07. The number of aryl methyl sites for hydroxylation is 1. The zero-order chi connectivity index (χ0) is 17.3. The molecule has 0 saturated heterocycles. The van der Waals surface area contributed by atoms with Crippen LogP contribution in [0.1, 0.15) is 16.1 Å². The molecule has 3 rings (SSSR count). The van der Waals surface area contributed by atoms with Crippen molar-refractivity contribution in [1.82, 2.24) is 0 Å². The first kappa shape index (κ1) is 16.8. The van der Waals surface area contributed by atoms with Crippen molar-refractivity contribution in [3.05, 3.63) is 68.8 Å². The second-order valence-electron chi connectivity index (χ2n) is 5.31. The van der Waals surface area contributed by atoms with Gasteiger partial charge in [0.1, 0.15) is 5.76 Å². The van der Waals surface area contributed by atoms with E-state index in [-0.39, 0.29) is 11.7 Å². The summed E-state index contributed by atoms with van der Waals surface area (Å²) in [6, 6.07) is 14.6. The fourth-order valence-corrected chi connectivity index (χ4v) is 2.87. The van der Waals surface area contributed by atoms with Crippen molar-refractivity contribution in [2.24, 2.45) is 0 Å². The Hall–Kier alpha value is -2.05. The zero-order valence-electron chi connectivity index (χ0n) is 12.8. The molecule has 0 unspecified atom stereocenters. The Bertz CT molecular complexity index is 919. The Morgan fingerprint density at radius 2 is 1.88 bits per heavy atom. The third-order valence-corrected chi connectivity index (χ3v) is 4.92. The number of nitrogen functional groups attached to an aromatic ring is 1. The first-order valence-electron chi connectivity index (χ1n) is 7.17. The number of halogens is 2. The molecule has 0 aliphatic rings. The first-order chi connectivity index (χ1) is 11.4. The van der Waals surface area contributed by atoms with Gasteiger partial charge < -0.3 is 15.5 Å². The van der Waals surface area contributed by atoms with Crippen LogP contribution in [0, 0.1) is 6.92 Å². The number of anilines is 2. The summed E-state index contributed by atoms with van der Waals surface area (Å²) < 4.78 is 7.56. The monoisotopic (exact) mass is 448 g/mol. The van der Waals surface area contributed by atoms with Crippen molar-refractivity contribution in [1.29, 1.82) is 0 Å². The van der Waals surface area contributed by atoms with Crippen LogP contribution < -0.4 is 11.1 Å². The lowest BCUT2D eigenvalue weighted by atomic mass is 10.1. The van der Waals surface area contributed by atoms with Crippen LogP contribution in [-0.2, 0) is 0 Å². The Kier molecular flexibility index (Phi) is 4.78. The Labute approximate surface area is 156 Å². The Morgan fingerprint density at radius 3 is 2.58 bits per heavy atom. The maximum Gasteiger partial charge on any atom is 0.291 e. The highest BCUT2D eigenvalue weighted by atomic mass is 79.9. The van der Waals surface area contributed by atoms with Crippen LogP contribution in [0.25, 0.3) is 11.3 Å². The number of carbonyl (C=O) groups is 1. The van der Waals surface area contributed by atoms with Gasteiger partial charge in [0, 0.05) is 14.5 Å². The molecule has 3 aromatic rings. The van der Waals surface area contributed by atoms with E-state index in [1.807, 2.05) is 31.2 Å². The SMILES string of the molecule is Cc1cc(-c2ccc(C(=O)Nc3ccc(Br)cc3N)o2)ccc1Br. The average Bonchev–Trinajstić information content (AvgIpc) is 3.03. The minimum absolute atomic E-state index is 0.230. The summed E-state index contributed by atoms with van der Waals surface area (Å²) in [6.45, 7) is 2.00. The van der Waals surface area contributed by atoms with Crippen molar-refractivity contribution in [3.8, 4) is 11.3 Å². The summed E-state index contributed by atoms with van der Waals surface area (Å²) in [5, 5.41) is 2.75. The molecule has 1 heterocycles. The van der Waals surface area contributed by atoms with Gasteiger partial charge in [0.25, 0.3) is 5.91 Å². The second-order valence-corrected chi connectivity index (χ2v) is 7.08. The fraction of sp³-hybridized carbons (Fsp3) is 0.0556. The number of carbonyl (C=O) groups excluding carboxylic acids is 1. The van der Waals surface area contributed by atoms with Crippen molar-refractivity contribution in [3.63, 3.8) is 0 Å². The molecule has 0 atom stereocenters. The molecule has 3 N–H and O–H groups in total. The summed E-state index contributed by atoms with van der Waals surface area (Å²) in [7, 11) is 0.